The average molecular weight is 401 g/mol. The molecule has 1 atom stereocenters. The van der Waals surface area contributed by atoms with Gasteiger partial charge in [-0.1, -0.05) is 24.3 Å². The number of sulfonamides is 1. The van der Waals surface area contributed by atoms with Crippen LogP contribution < -0.4 is 9.46 Å². The molecule has 0 spiro atoms. The first-order valence-corrected chi connectivity index (χ1v) is 10.3. The van der Waals surface area contributed by atoms with Crippen LogP contribution in [0, 0.1) is 13.8 Å². The highest BCUT2D eigenvalue weighted by Crippen LogP contribution is 2.28. The van der Waals surface area contributed by atoms with Gasteiger partial charge in [0.25, 0.3) is 0 Å². The molecule has 0 aliphatic rings. The van der Waals surface area contributed by atoms with Gasteiger partial charge in [0.15, 0.2) is 0 Å². The minimum Gasteiger partial charge on any atom is -0.495 e. The van der Waals surface area contributed by atoms with Crippen molar-refractivity contribution in [2.45, 2.75) is 24.8 Å². The van der Waals surface area contributed by atoms with Crippen molar-refractivity contribution < 1.29 is 22.7 Å². The maximum Gasteiger partial charge on any atom is 0.244 e. The minimum absolute atomic E-state index is 0.0541. The fraction of sp³-hybridized carbons (Fsp3) is 0.238. The van der Waals surface area contributed by atoms with Gasteiger partial charge in [0.1, 0.15) is 16.4 Å². The van der Waals surface area contributed by atoms with E-state index in [0.717, 1.165) is 22.5 Å². The van der Waals surface area contributed by atoms with Gasteiger partial charge in [-0.3, -0.25) is 0 Å². The topological polar surface area (TPSA) is 88.8 Å². The number of benzene rings is 2. The van der Waals surface area contributed by atoms with E-state index in [9.17, 15) is 13.5 Å². The second kappa shape index (κ2) is 8.18. The molecule has 6 nitrogen and oxygen atoms in total. The van der Waals surface area contributed by atoms with Crippen LogP contribution in [0.3, 0.4) is 0 Å². The first-order valence-electron chi connectivity index (χ1n) is 8.78. The molecule has 0 aliphatic heterocycles. The van der Waals surface area contributed by atoms with Crippen LogP contribution in [-0.2, 0) is 10.0 Å². The Bertz CT molecular complexity index is 1040. The molecule has 0 radical (unpaired) electrons. The molecule has 0 saturated carbocycles. The van der Waals surface area contributed by atoms with Gasteiger partial charge in [0, 0.05) is 12.1 Å². The van der Waals surface area contributed by atoms with Crippen molar-refractivity contribution in [2.24, 2.45) is 0 Å². The Hall–Kier alpha value is -2.61. The Labute approximate surface area is 164 Å². The summed E-state index contributed by atoms with van der Waals surface area (Å²) in [6.07, 6.45) is 0.603. The van der Waals surface area contributed by atoms with E-state index in [-0.39, 0.29) is 17.2 Å². The van der Waals surface area contributed by atoms with Crippen LogP contribution in [0.25, 0.3) is 11.3 Å². The molecular weight excluding hydrogens is 378 g/mol. The van der Waals surface area contributed by atoms with Crippen molar-refractivity contribution in [3.05, 3.63) is 71.5 Å². The highest BCUT2D eigenvalue weighted by molar-refractivity contribution is 7.89. The summed E-state index contributed by atoms with van der Waals surface area (Å²) in [4.78, 5) is 0.0541. The molecule has 1 unspecified atom stereocenters. The summed E-state index contributed by atoms with van der Waals surface area (Å²) in [6, 6.07) is 14.0. The maximum absolute atomic E-state index is 12.7. The first kappa shape index (κ1) is 20.1. The third-order valence-corrected chi connectivity index (χ3v) is 6.08. The van der Waals surface area contributed by atoms with Crippen molar-refractivity contribution in [1.29, 1.82) is 0 Å². The minimum atomic E-state index is -3.84. The van der Waals surface area contributed by atoms with E-state index in [1.165, 1.54) is 7.11 Å². The Balaban J connectivity index is 1.73. The Kier molecular flexibility index (Phi) is 5.88. The number of hydrogen-bond donors (Lipinski definition) is 2. The second-order valence-electron chi connectivity index (χ2n) is 6.55. The van der Waals surface area contributed by atoms with Crippen molar-refractivity contribution >= 4 is 10.0 Å². The molecule has 0 aliphatic carbocycles. The molecule has 3 rings (SSSR count). The van der Waals surface area contributed by atoms with E-state index < -0.39 is 16.1 Å². The number of aliphatic hydroxyl groups excluding tert-OH is 1. The molecule has 0 bridgehead atoms. The van der Waals surface area contributed by atoms with Crippen LogP contribution >= 0.6 is 0 Å². The van der Waals surface area contributed by atoms with Gasteiger partial charge in [-0.15, -0.1) is 0 Å². The molecule has 3 aromatic rings. The number of ether oxygens (including phenoxy) is 1. The van der Waals surface area contributed by atoms with Gasteiger partial charge >= 0.3 is 0 Å². The van der Waals surface area contributed by atoms with Gasteiger partial charge in [-0.25, -0.2) is 13.1 Å². The molecule has 28 heavy (non-hydrogen) atoms. The summed E-state index contributed by atoms with van der Waals surface area (Å²) >= 11 is 0. The molecular formula is C21H23NO5S. The molecule has 1 aromatic heterocycles. The molecule has 1 heterocycles. The van der Waals surface area contributed by atoms with Crippen LogP contribution in [0.2, 0.25) is 0 Å². The molecule has 0 amide bonds. The largest absolute Gasteiger partial charge is 0.495 e. The predicted octanol–water partition coefficient (Wildman–Crippen LogP) is 3.58. The van der Waals surface area contributed by atoms with Crippen LogP contribution in [0.15, 0.2) is 64.1 Å². The number of methoxy groups -OCH3 is 1. The van der Waals surface area contributed by atoms with E-state index in [1.54, 1.807) is 36.6 Å². The fourth-order valence-electron chi connectivity index (χ4n) is 2.83. The van der Waals surface area contributed by atoms with Gasteiger partial charge < -0.3 is 14.3 Å². The summed E-state index contributed by atoms with van der Waals surface area (Å²) in [6.45, 7) is 3.57. The third kappa shape index (κ3) is 4.27. The highest BCUT2D eigenvalue weighted by Gasteiger charge is 2.22. The zero-order valence-corrected chi connectivity index (χ0v) is 16.8. The molecule has 7 heteroatoms. The zero-order valence-electron chi connectivity index (χ0n) is 16.0. The van der Waals surface area contributed by atoms with Crippen LogP contribution in [0.1, 0.15) is 22.8 Å². The monoisotopic (exact) mass is 401 g/mol. The van der Waals surface area contributed by atoms with Gasteiger partial charge in [0.05, 0.1) is 19.5 Å². The third-order valence-electron chi connectivity index (χ3n) is 4.64. The number of rotatable bonds is 7. The van der Waals surface area contributed by atoms with Gasteiger partial charge in [-0.05, 0) is 54.8 Å². The first-order chi connectivity index (χ1) is 13.3. The summed E-state index contributed by atoms with van der Waals surface area (Å²) < 4.78 is 38.4. The highest BCUT2D eigenvalue weighted by atomic mass is 32.2. The van der Waals surface area contributed by atoms with Crippen molar-refractivity contribution in [2.75, 3.05) is 13.7 Å². The van der Waals surface area contributed by atoms with E-state index in [2.05, 4.69) is 4.72 Å². The molecule has 148 valence electrons. The lowest BCUT2D eigenvalue weighted by Gasteiger charge is -2.16. The van der Waals surface area contributed by atoms with Gasteiger partial charge in [0.2, 0.25) is 10.0 Å². The lowest BCUT2D eigenvalue weighted by molar-refractivity contribution is 0.182. The van der Waals surface area contributed by atoms with Crippen LogP contribution in [0.5, 0.6) is 5.75 Å². The predicted molar refractivity (Wildman–Crippen MR) is 107 cm³/mol. The number of hydrogen-bond acceptors (Lipinski definition) is 5. The van der Waals surface area contributed by atoms with E-state index >= 15 is 0 Å². The second-order valence-corrected chi connectivity index (χ2v) is 8.29. The summed E-state index contributed by atoms with van der Waals surface area (Å²) in [5.74, 6) is 0.997. The Morgan fingerprint density at radius 2 is 1.79 bits per heavy atom. The smallest absolute Gasteiger partial charge is 0.244 e. The van der Waals surface area contributed by atoms with Gasteiger partial charge in [-0.2, -0.15) is 0 Å². The normalized spacial score (nSPS) is 12.7. The Morgan fingerprint density at radius 3 is 2.39 bits per heavy atom. The van der Waals surface area contributed by atoms with E-state index in [4.69, 9.17) is 9.15 Å². The van der Waals surface area contributed by atoms with E-state index in [1.807, 2.05) is 32.0 Å². The lowest BCUT2D eigenvalue weighted by Crippen LogP contribution is -2.29. The molecule has 0 fully saturated rings. The van der Waals surface area contributed by atoms with Crippen molar-refractivity contribution in [3.63, 3.8) is 0 Å². The molecule has 2 aromatic carbocycles. The van der Waals surface area contributed by atoms with Crippen molar-refractivity contribution in [3.8, 4) is 17.1 Å². The Morgan fingerprint density at radius 1 is 1.11 bits per heavy atom. The summed E-state index contributed by atoms with van der Waals surface area (Å²) in [5, 5.41) is 10.4. The lowest BCUT2D eigenvalue weighted by atomic mass is 10.1. The maximum atomic E-state index is 12.7. The molecule has 2 N–H and O–H groups in total. The number of aliphatic hydroxyl groups is 1. The summed E-state index contributed by atoms with van der Waals surface area (Å²) in [5.41, 5.74) is 3.26. The van der Waals surface area contributed by atoms with Crippen LogP contribution in [0.4, 0.5) is 0 Å². The van der Waals surface area contributed by atoms with Crippen LogP contribution in [-0.4, -0.2) is 27.2 Å². The van der Waals surface area contributed by atoms with E-state index in [0.29, 0.717) is 5.56 Å². The standard InChI is InChI=1S/C21H23NO5S/c1-14-11-20(26-3)21(12-15(14)2)28(24,25)22-13-18(23)16-6-8-17(9-7-16)19-5-4-10-27-19/h4-12,18,22-23H,13H2,1-3H3. The molecule has 0 saturated heterocycles. The number of aryl methyl sites for hydroxylation is 2. The fourth-order valence-corrected chi connectivity index (χ4v) is 4.10. The number of nitrogens with one attached hydrogen (secondary N) is 1. The average Bonchev–Trinajstić information content (AvgIpc) is 3.23. The quantitative estimate of drug-likeness (QED) is 0.632. The van der Waals surface area contributed by atoms with Crippen molar-refractivity contribution in [1.82, 2.24) is 4.72 Å². The zero-order chi connectivity index (χ0) is 20.3. The summed E-state index contributed by atoms with van der Waals surface area (Å²) in [7, 11) is -2.41. The number of furan rings is 1. The SMILES string of the molecule is COc1cc(C)c(C)cc1S(=O)(=O)NCC(O)c1ccc(-c2ccco2)cc1.